The molecular weight excluding hydrogens is 266 g/mol. The SMILES string of the molecule is O=C(Nc1cccc(CO)c1)C1CCCCS1(=O)=O. The highest BCUT2D eigenvalue weighted by molar-refractivity contribution is 7.92. The highest BCUT2D eigenvalue weighted by Gasteiger charge is 2.34. The van der Waals surface area contributed by atoms with Crippen LogP contribution in [0.4, 0.5) is 5.69 Å². The fourth-order valence-electron chi connectivity index (χ4n) is 2.22. The van der Waals surface area contributed by atoms with Crippen LogP contribution in [0.3, 0.4) is 0 Å². The molecule has 1 heterocycles. The van der Waals surface area contributed by atoms with Gasteiger partial charge < -0.3 is 10.4 Å². The third-order valence-electron chi connectivity index (χ3n) is 3.25. The van der Waals surface area contributed by atoms with Crippen LogP contribution in [0.25, 0.3) is 0 Å². The van der Waals surface area contributed by atoms with E-state index in [9.17, 15) is 13.2 Å². The molecule has 19 heavy (non-hydrogen) atoms. The third kappa shape index (κ3) is 3.33. The van der Waals surface area contributed by atoms with E-state index in [2.05, 4.69) is 5.32 Å². The van der Waals surface area contributed by atoms with Gasteiger partial charge in [0.1, 0.15) is 5.25 Å². The van der Waals surface area contributed by atoms with Crippen molar-refractivity contribution < 1.29 is 18.3 Å². The number of sulfone groups is 1. The van der Waals surface area contributed by atoms with E-state index >= 15 is 0 Å². The second-order valence-corrected chi connectivity index (χ2v) is 7.00. The summed E-state index contributed by atoms with van der Waals surface area (Å²) in [5.41, 5.74) is 1.18. The first-order valence-corrected chi connectivity index (χ1v) is 7.97. The van der Waals surface area contributed by atoms with Crippen LogP contribution in [0.5, 0.6) is 0 Å². The number of amides is 1. The fraction of sp³-hybridized carbons (Fsp3) is 0.462. The lowest BCUT2D eigenvalue weighted by Crippen LogP contribution is -2.39. The molecule has 0 aliphatic carbocycles. The number of carbonyl (C=O) groups is 1. The molecule has 6 heteroatoms. The van der Waals surface area contributed by atoms with E-state index in [4.69, 9.17) is 5.11 Å². The molecular formula is C13H17NO4S. The van der Waals surface area contributed by atoms with Gasteiger partial charge in [0.25, 0.3) is 0 Å². The van der Waals surface area contributed by atoms with Crippen LogP contribution in [0, 0.1) is 0 Å². The zero-order valence-corrected chi connectivity index (χ0v) is 11.3. The Morgan fingerprint density at radius 1 is 1.37 bits per heavy atom. The van der Waals surface area contributed by atoms with Crippen molar-refractivity contribution in [2.45, 2.75) is 31.1 Å². The van der Waals surface area contributed by atoms with E-state index in [1.165, 1.54) is 0 Å². The lowest BCUT2D eigenvalue weighted by atomic mass is 10.1. The van der Waals surface area contributed by atoms with E-state index in [0.29, 0.717) is 24.1 Å². The van der Waals surface area contributed by atoms with Crippen LogP contribution in [0.2, 0.25) is 0 Å². The molecule has 0 bridgehead atoms. The predicted octanol–water partition coefficient (Wildman–Crippen LogP) is 1.08. The minimum Gasteiger partial charge on any atom is -0.392 e. The molecule has 2 rings (SSSR count). The number of hydrogen-bond acceptors (Lipinski definition) is 4. The predicted molar refractivity (Wildman–Crippen MR) is 72.4 cm³/mol. The summed E-state index contributed by atoms with van der Waals surface area (Å²) in [5.74, 6) is -0.392. The Labute approximate surface area is 112 Å². The molecule has 104 valence electrons. The van der Waals surface area contributed by atoms with Crippen molar-refractivity contribution in [2.75, 3.05) is 11.1 Å². The number of rotatable bonds is 3. The van der Waals surface area contributed by atoms with Crippen LogP contribution in [-0.2, 0) is 21.2 Å². The van der Waals surface area contributed by atoms with Gasteiger partial charge in [0.05, 0.1) is 12.4 Å². The second-order valence-electron chi connectivity index (χ2n) is 4.70. The number of aliphatic hydroxyl groups is 1. The number of carbonyl (C=O) groups excluding carboxylic acids is 1. The summed E-state index contributed by atoms with van der Waals surface area (Å²) in [5, 5.41) is 10.7. The van der Waals surface area contributed by atoms with Gasteiger partial charge >= 0.3 is 0 Å². The Balaban J connectivity index is 2.12. The number of nitrogens with one attached hydrogen (secondary N) is 1. The van der Waals surface area contributed by atoms with E-state index < -0.39 is 21.0 Å². The smallest absolute Gasteiger partial charge is 0.242 e. The second kappa shape index (κ2) is 5.71. The molecule has 0 spiro atoms. The van der Waals surface area contributed by atoms with Gasteiger partial charge in [0.15, 0.2) is 9.84 Å². The van der Waals surface area contributed by atoms with Crippen molar-refractivity contribution in [1.29, 1.82) is 0 Å². The first kappa shape index (κ1) is 14.0. The van der Waals surface area contributed by atoms with Crippen LogP contribution in [-0.4, -0.2) is 30.4 Å². The van der Waals surface area contributed by atoms with Crippen molar-refractivity contribution >= 4 is 21.4 Å². The lowest BCUT2D eigenvalue weighted by Gasteiger charge is -2.21. The molecule has 1 aromatic carbocycles. The van der Waals surface area contributed by atoms with Crippen molar-refractivity contribution in [1.82, 2.24) is 0 Å². The molecule has 1 fully saturated rings. The Bertz CT molecular complexity index is 568. The Morgan fingerprint density at radius 3 is 2.84 bits per heavy atom. The molecule has 0 aromatic heterocycles. The van der Waals surface area contributed by atoms with E-state index in [1.54, 1.807) is 24.3 Å². The topological polar surface area (TPSA) is 83.5 Å². The summed E-state index contributed by atoms with van der Waals surface area (Å²) in [7, 11) is -3.32. The van der Waals surface area contributed by atoms with Gasteiger partial charge in [-0.2, -0.15) is 0 Å². The van der Waals surface area contributed by atoms with Crippen molar-refractivity contribution in [3.05, 3.63) is 29.8 Å². The van der Waals surface area contributed by atoms with E-state index in [-0.39, 0.29) is 12.4 Å². The average molecular weight is 283 g/mol. The highest BCUT2D eigenvalue weighted by atomic mass is 32.2. The van der Waals surface area contributed by atoms with Gasteiger partial charge in [-0.25, -0.2) is 8.42 Å². The molecule has 1 atom stereocenters. The van der Waals surface area contributed by atoms with E-state index in [0.717, 1.165) is 6.42 Å². The highest BCUT2D eigenvalue weighted by Crippen LogP contribution is 2.21. The molecule has 1 aliphatic rings. The monoisotopic (exact) mass is 283 g/mol. The molecule has 2 N–H and O–H groups in total. The Hall–Kier alpha value is -1.40. The lowest BCUT2D eigenvalue weighted by molar-refractivity contribution is -0.116. The number of benzene rings is 1. The molecule has 1 amide bonds. The summed E-state index contributed by atoms with van der Waals surface area (Å²) in [6.07, 6.45) is 1.77. The van der Waals surface area contributed by atoms with Crippen molar-refractivity contribution in [2.24, 2.45) is 0 Å². The molecule has 0 saturated carbocycles. The molecule has 1 unspecified atom stereocenters. The average Bonchev–Trinajstić information content (AvgIpc) is 2.38. The van der Waals surface area contributed by atoms with Gasteiger partial charge in [0.2, 0.25) is 5.91 Å². The summed E-state index contributed by atoms with van der Waals surface area (Å²) in [4.78, 5) is 12.0. The molecule has 0 radical (unpaired) electrons. The molecule has 5 nitrogen and oxygen atoms in total. The molecule has 1 aliphatic heterocycles. The maximum Gasteiger partial charge on any atom is 0.242 e. The van der Waals surface area contributed by atoms with Gasteiger partial charge in [-0.3, -0.25) is 4.79 Å². The summed E-state index contributed by atoms with van der Waals surface area (Å²) in [6, 6.07) is 6.74. The minimum atomic E-state index is -3.32. The van der Waals surface area contributed by atoms with Crippen LogP contribution < -0.4 is 5.32 Å². The van der Waals surface area contributed by atoms with E-state index in [1.807, 2.05) is 0 Å². The summed E-state index contributed by atoms with van der Waals surface area (Å²) >= 11 is 0. The normalized spacial score (nSPS) is 21.8. The number of hydrogen-bond donors (Lipinski definition) is 2. The number of aliphatic hydroxyl groups excluding tert-OH is 1. The molecule has 1 saturated heterocycles. The first-order chi connectivity index (χ1) is 9.03. The van der Waals surface area contributed by atoms with Crippen LogP contribution in [0.15, 0.2) is 24.3 Å². The largest absolute Gasteiger partial charge is 0.392 e. The van der Waals surface area contributed by atoms with Gasteiger partial charge in [0, 0.05) is 5.69 Å². The minimum absolute atomic E-state index is 0.0851. The maximum atomic E-state index is 12.0. The van der Waals surface area contributed by atoms with Crippen molar-refractivity contribution in [3.63, 3.8) is 0 Å². The third-order valence-corrected chi connectivity index (χ3v) is 5.42. The summed E-state index contributed by atoms with van der Waals surface area (Å²) in [6.45, 7) is -0.120. The zero-order chi connectivity index (χ0) is 13.9. The summed E-state index contributed by atoms with van der Waals surface area (Å²) < 4.78 is 23.7. The quantitative estimate of drug-likeness (QED) is 0.869. The first-order valence-electron chi connectivity index (χ1n) is 6.25. The van der Waals surface area contributed by atoms with Gasteiger partial charge in [-0.05, 0) is 30.5 Å². The zero-order valence-electron chi connectivity index (χ0n) is 10.5. The number of anilines is 1. The Morgan fingerprint density at radius 2 is 2.16 bits per heavy atom. The fourth-order valence-corrected chi connectivity index (χ4v) is 4.02. The standard InChI is InChI=1S/C13H17NO4S/c15-9-10-4-3-5-11(8-10)14-13(16)12-6-1-2-7-19(12,17)18/h3-5,8,12,15H,1-2,6-7,9H2,(H,14,16). The Kier molecular flexibility index (Phi) is 4.21. The van der Waals surface area contributed by atoms with Gasteiger partial charge in [-0.15, -0.1) is 0 Å². The molecule has 1 aromatic rings. The maximum absolute atomic E-state index is 12.0. The van der Waals surface area contributed by atoms with Crippen molar-refractivity contribution in [3.8, 4) is 0 Å². The van der Waals surface area contributed by atoms with Gasteiger partial charge in [-0.1, -0.05) is 18.6 Å². The van der Waals surface area contributed by atoms with Crippen LogP contribution >= 0.6 is 0 Å². The van der Waals surface area contributed by atoms with Crippen LogP contribution in [0.1, 0.15) is 24.8 Å².